The van der Waals surface area contributed by atoms with Gasteiger partial charge in [-0.05, 0) is 25.0 Å². The van der Waals surface area contributed by atoms with Crippen LogP contribution in [-0.4, -0.2) is 108 Å². The Morgan fingerprint density at radius 2 is 1.33 bits per heavy atom. The predicted molar refractivity (Wildman–Crippen MR) is 163 cm³/mol. The number of rotatable bonds is 12. The van der Waals surface area contributed by atoms with Crippen molar-refractivity contribution in [3.8, 4) is 0 Å². The van der Waals surface area contributed by atoms with Crippen molar-refractivity contribution < 1.29 is 38.2 Å². The Morgan fingerprint density at radius 3 is 1.87 bits per heavy atom. The summed E-state index contributed by atoms with van der Waals surface area (Å²) in [5.74, 6) is -3.71. The van der Waals surface area contributed by atoms with E-state index >= 15 is 0 Å². The van der Waals surface area contributed by atoms with Crippen LogP contribution in [0.15, 0.2) is 60.7 Å². The summed E-state index contributed by atoms with van der Waals surface area (Å²) >= 11 is 0. The molecule has 15 heteroatoms. The number of hydrogen-bond acceptors (Lipinski definition) is 8. The quantitative estimate of drug-likeness (QED) is 0.173. The molecule has 46 heavy (non-hydrogen) atoms. The van der Waals surface area contributed by atoms with Gasteiger partial charge in [0.2, 0.25) is 11.8 Å². The molecule has 0 saturated carbocycles. The number of primary amides is 1. The maximum atomic E-state index is 13.5. The van der Waals surface area contributed by atoms with Gasteiger partial charge in [-0.3, -0.25) is 29.4 Å². The van der Waals surface area contributed by atoms with E-state index in [9.17, 15) is 28.8 Å². The minimum atomic E-state index is -1.26. The summed E-state index contributed by atoms with van der Waals surface area (Å²) in [5.41, 5.74) is 9.37. The van der Waals surface area contributed by atoms with E-state index in [1.165, 1.54) is 18.7 Å². The Labute approximate surface area is 266 Å². The molecule has 2 aliphatic heterocycles. The average Bonchev–Trinajstić information content (AvgIpc) is 3.85. The van der Waals surface area contributed by atoms with Crippen LogP contribution in [0.3, 0.4) is 0 Å². The number of nitrogens with one attached hydrogen (secondary N) is 3. The predicted octanol–water partition coefficient (Wildman–Crippen LogP) is -0.737. The van der Waals surface area contributed by atoms with Gasteiger partial charge in [-0.1, -0.05) is 60.7 Å². The number of nitrogens with two attached hydrogens (primary N) is 1. The zero-order chi connectivity index (χ0) is 33.2. The smallest absolute Gasteiger partial charge is 0.318 e. The molecule has 0 aromatic heterocycles. The number of hydrogen-bond donors (Lipinski definition) is 4. The summed E-state index contributed by atoms with van der Waals surface area (Å²) < 4.78 is 10.7. The monoisotopic (exact) mass is 637 g/mol. The summed E-state index contributed by atoms with van der Waals surface area (Å²) in [6.07, 6.45) is -2.40. The normalized spacial score (nSPS) is 18.3. The fourth-order valence-electron chi connectivity index (χ4n) is 4.71. The van der Waals surface area contributed by atoms with Crippen LogP contribution < -0.4 is 21.8 Å². The van der Waals surface area contributed by atoms with Gasteiger partial charge in [-0.2, -0.15) is 0 Å². The second-order valence-corrected chi connectivity index (χ2v) is 11.0. The Morgan fingerprint density at radius 1 is 0.804 bits per heavy atom. The van der Waals surface area contributed by atoms with Crippen LogP contribution in [0.4, 0.5) is 4.79 Å². The third kappa shape index (κ3) is 9.49. The molecule has 2 aromatic carbocycles. The first kappa shape index (κ1) is 33.9. The number of carbonyl (C=O) groups excluding carboxylic acids is 6. The Hall–Kier alpha value is -5.02. The first-order chi connectivity index (χ1) is 22.0. The van der Waals surface area contributed by atoms with E-state index in [4.69, 9.17) is 15.2 Å². The molecule has 7 amide bonds. The topological polar surface area (TPSA) is 196 Å². The summed E-state index contributed by atoms with van der Waals surface area (Å²) in [7, 11) is 0. The number of ether oxygens (including phenoxy) is 2. The van der Waals surface area contributed by atoms with Crippen LogP contribution >= 0.6 is 0 Å². The van der Waals surface area contributed by atoms with Gasteiger partial charge in [0, 0.05) is 26.2 Å². The first-order valence-corrected chi connectivity index (χ1v) is 14.9. The van der Waals surface area contributed by atoms with Crippen LogP contribution in [0.2, 0.25) is 0 Å². The van der Waals surface area contributed by atoms with E-state index in [1.54, 1.807) is 4.90 Å². The van der Waals surface area contributed by atoms with Gasteiger partial charge in [0.1, 0.15) is 18.6 Å². The lowest BCUT2D eigenvalue weighted by molar-refractivity contribution is -0.145. The van der Waals surface area contributed by atoms with Crippen LogP contribution in [0.5, 0.6) is 0 Å². The highest BCUT2D eigenvalue weighted by Gasteiger charge is 2.53. The van der Waals surface area contributed by atoms with Gasteiger partial charge < -0.3 is 35.6 Å². The van der Waals surface area contributed by atoms with Gasteiger partial charge in [0.25, 0.3) is 17.7 Å². The van der Waals surface area contributed by atoms with Crippen molar-refractivity contribution in [3.63, 3.8) is 0 Å². The summed E-state index contributed by atoms with van der Waals surface area (Å²) in [5, 5.41) is 5.70. The second-order valence-electron chi connectivity index (χ2n) is 11.0. The van der Waals surface area contributed by atoms with Gasteiger partial charge in [-0.15, -0.1) is 0 Å². The highest BCUT2D eigenvalue weighted by Crippen LogP contribution is 2.27. The SMILES string of the molecule is C[C@H](NC(=O)[C@H](C)NC(=O)N1CCOCC1)C(=O)NN(CC(N)=O)C(=O)[C@H]1O[C@@H]1C(=O)N(Cc1ccccc1)Cc1ccccc1. The highest BCUT2D eigenvalue weighted by atomic mass is 16.6. The van der Waals surface area contributed by atoms with Crippen molar-refractivity contribution in [1.29, 1.82) is 0 Å². The summed E-state index contributed by atoms with van der Waals surface area (Å²) in [6, 6.07) is 16.1. The minimum absolute atomic E-state index is 0.264. The van der Waals surface area contributed by atoms with Crippen LogP contribution in [0.1, 0.15) is 25.0 Å². The summed E-state index contributed by atoms with van der Waals surface area (Å²) in [4.78, 5) is 79.7. The third-order valence-corrected chi connectivity index (χ3v) is 7.33. The van der Waals surface area contributed by atoms with E-state index in [0.29, 0.717) is 31.3 Å². The average molecular weight is 638 g/mol. The molecule has 15 nitrogen and oxygen atoms in total. The number of epoxide rings is 1. The Balaban J connectivity index is 1.35. The summed E-state index contributed by atoms with van der Waals surface area (Å²) in [6.45, 7) is 4.21. The van der Waals surface area contributed by atoms with E-state index in [-0.39, 0.29) is 13.1 Å². The standard InChI is InChI=1S/C31H39N7O8/c1-20(34-31(44)36-13-15-45-16-14-36)27(40)33-21(2)28(41)35-38(19-24(32)39)30(43)26-25(46-26)29(42)37(17-22-9-5-3-6-10-22)18-23-11-7-4-8-12-23/h3-12,20-21,25-26H,13-19H2,1-2H3,(H2,32,39)(H,33,40)(H,34,44)(H,35,41)/t20-,21-,25-,26-/m0/s1. The minimum Gasteiger partial charge on any atom is -0.378 e. The maximum absolute atomic E-state index is 13.5. The van der Waals surface area contributed by atoms with Crippen molar-refractivity contribution >= 4 is 35.6 Å². The van der Waals surface area contributed by atoms with E-state index in [0.717, 1.165) is 11.1 Å². The number of carbonyl (C=O) groups is 6. The third-order valence-electron chi connectivity index (χ3n) is 7.33. The van der Waals surface area contributed by atoms with Gasteiger partial charge in [-0.25, -0.2) is 9.80 Å². The lowest BCUT2D eigenvalue weighted by Gasteiger charge is -2.28. The molecule has 0 bridgehead atoms. The molecule has 0 spiro atoms. The fourth-order valence-corrected chi connectivity index (χ4v) is 4.71. The molecule has 2 aliphatic rings. The van der Waals surface area contributed by atoms with E-state index < -0.39 is 66.4 Å². The molecular formula is C31H39N7O8. The molecule has 5 N–H and O–H groups in total. The first-order valence-electron chi connectivity index (χ1n) is 14.9. The van der Waals surface area contributed by atoms with Gasteiger partial charge >= 0.3 is 6.03 Å². The number of hydrazine groups is 1. The number of benzene rings is 2. The van der Waals surface area contributed by atoms with E-state index in [2.05, 4.69) is 16.1 Å². The van der Waals surface area contributed by atoms with Crippen molar-refractivity contribution in [1.82, 2.24) is 30.9 Å². The van der Waals surface area contributed by atoms with Gasteiger partial charge in [0.15, 0.2) is 12.2 Å². The number of urea groups is 1. The van der Waals surface area contributed by atoms with Crippen LogP contribution in [0.25, 0.3) is 0 Å². The highest BCUT2D eigenvalue weighted by molar-refractivity contribution is 5.98. The van der Waals surface area contributed by atoms with Crippen molar-refractivity contribution in [2.45, 2.75) is 51.2 Å². The van der Waals surface area contributed by atoms with Crippen LogP contribution in [-0.2, 0) is 46.5 Å². The number of morpholine rings is 1. The Kier molecular flexibility index (Phi) is 11.6. The molecule has 4 rings (SSSR count). The number of amides is 7. The van der Waals surface area contributed by atoms with Crippen LogP contribution in [0, 0.1) is 0 Å². The lowest BCUT2D eigenvalue weighted by Crippen LogP contribution is -2.58. The molecule has 0 unspecified atom stereocenters. The molecule has 0 aliphatic carbocycles. The molecule has 2 fully saturated rings. The largest absolute Gasteiger partial charge is 0.378 e. The number of nitrogens with zero attached hydrogens (tertiary/aromatic N) is 3. The Bertz CT molecular complexity index is 1360. The zero-order valence-electron chi connectivity index (χ0n) is 25.7. The molecule has 2 heterocycles. The van der Waals surface area contributed by atoms with Crippen molar-refractivity contribution in [2.75, 3.05) is 32.8 Å². The van der Waals surface area contributed by atoms with E-state index in [1.807, 2.05) is 60.7 Å². The molecule has 2 aromatic rings. The molecule has 246 valence electrons. The van der Waals surface area contributed by atoms with Crippen molar-refractivity contribution in [2.24, 2.45) is 5.73 Å². The second kappa shape index (κ2) is 15.8. The van der Waals surface area contributed by atoms with Gasteiger partial charge in [0.05, 0.1) is 13.2 Å². The molecule has 2 saturated heterocycles. The maximum Gasteiger partial charge on any atom is 0.318 e. The lowest BCUT2D eigenvalue weighted by atomic mass is 10.1. The molecule has 4 atom stereocenters. The molecule has 0 radical (unpaired) electrons. The molecular weight excluding hydrogens is 598 g/mol. The fraction of sp³-hybridized carbons (Fsp3) is 0.419. The zero-order valence-corrected chi connectivity index (χ0v) is 25.7. The van der Waals surface area contributed by atoms with Crippen molar-refractivity contribution in [3.05, 3.63) is 71.8 Å².